The van der Waals surface area contributed by atoms with Crippen LogP contribution in [-0.2, 0) is 16.1 Å². The number of benzene rings is 3. The molecule has 0 bridgehead atoms. The van der Waals surface area contributed by atoms with Crippen LogP contribution in [0.1, 0.15) is 21.5 Å². The van der Waals surface area contributed by atoms with Crippen LogP contribution in [0.2, 0.25) is 0 Å². The largest absolute Gasteiger partial charge is 0.328 e. The molecule has 0 spiro atoms. The van der Waals surface area contributed by atoms with Crippen LogP contribution in [0.4, 0.5) is 15.8 Å². The van der Waals surface area contributed by atoms with Gasteiger partial charge in [0.25, 0.3) is 5.91 Å². The van der Waals surface area contributed by atoms with Crippen LogP contribution in [0.3, 0.4) is 0 Å². The number of aryl methyl sites for hydroxylation is 1. The second-order valence-corrected chi connectivity index (χ2v) is 7.65. The molecule has 0 atom stereocenters. The molecule has 7 heteroatoms. The van der Waals surface area contributed by atoms with E-state index >= 15 is 0 Å². The number of hydrogen-bond donors (Lipinski definition) is 1. The smallest absolute Gasteiger partial charge is 0.316 e. The maximum atomic E-state index is 14.0. The summed E-state index contributed by atoms with van der Waals surface area (Å²) in [5, 5.41) is 2.56. The van der Waals surface area contributed by atoms with Gasteiger partial charge in [0.15, 0.2) is 0 Å². The third-order valence-corrected chi connectivity index (χ3v) is 5.34. The summed E-state index contributed by atoms with van der Waals surface area (Å²) >= 11 is 0. The number of carbonyl (C=O) groups excluding carboxylic acids is 3. The molecule has 1 N–H and O–H groups in total. The van der Waals surface area contributed by atoms with Crippen LogP contribution >= 0.6 is 0 Å². The van der Waals surface area contributed by atoms with Gasteiger partial charge in [-0.3, -0.25) is 14.4 Å². The van der Waals surface area contributed by atoms with E-state index in [-0.39, 0.29) is 12.2 Å². The quantitative estimate of drug-likeness (QED) is 0.626. The Hall–Kier alpha value is -4.00. The first-order chi connectivity index (χ1) is 15.4. The van der Waals surface area contributed by atoms with Crippen molar-refractivity contribution >= 4 is 29.1 Å². The molecule has 1 fully saturated rings. The lowest BCUT2D eigenvalue weighted by Gasteiger charge is -2.33. The van der Waals surface area contributed by atoms with E-state index in [9.17, 15) is 18.8 Å². The Balaban J connectivity index is 1.39. The molecule has 0 radical (unpaired) electrons. The zero-order valence-electron chi connectivity index (χ0n) is 17.5. The normalized spacial score (nSPS) is 13.9. The Labute approximate surface area is 185 Å². The SMILES string of the molecule is Cc1ccc(NC(=O)c2ccc(CN3CCN(c4ccccc4)C(=O)C3=O)cc2)c(F)c1. The minimum Gasteiger partial charge on any atom is -0.328 e. The van der Waals surface area contributed by atoms with Gasteiger partial charge in [-0.25, -0.2) is 4.39 Å². The third kappa shape index (κ3) is 4.51. The first kappa shape index (κ1) is 21.2. The third-order valence-electron chi connectivity index (χ3n) is 5.34. The molecular weight excluding hydrogens is 409 g/mol. The second kappa shape index (κ2) is 9.01. The summed E-state index contributed by atoms with van der Waals surface area (Å²) in [7, 11) is 0. The maximum absolute atomic E-state index is 14.0. The average molecular weight is 431 g/mol. The van der Waals surface area contributed by atoms with Crippen LogP contribution in [0.25, 0.3) is 0 Å². The second-order valence-electron chi connectivity index (χ2n) is 7.65. The van der Waals surface area contributed by atoms with E-state index in [1.165, 1.54) is 21.9 Å². The number of nitrogens with one attached hydrogen (secondary N) is 1. The number of hydrogen-bond acceptors (Lipinski definition) is 3. The predicted octanol–water partition coefficient (Wildman–Crippen LogP) is 3.76. The van der Waals surface area contributed by atoms with Gasteiger partial charge in [-0.2, -0.15) is 0 Å². The fourth-order valence-electron chi connectivity index (χ4n) is 3.58. The van der Waals surface area contributed by atoms with Crippen molar-refractivity contribution in [2.45, 2.75) is 13.5 Å². The van der Waals surface area contributed by atoms with Crippen molar-refractivity contribution < 1.29 is 18.8 Å². The molecule has 4 rings (SSSR count). The van der Waals surface area contributed by atoms with E-state index in [2.05, 4.69) is 5.32 Å². The average Bonchev–Trinajstić information content (AvgIpc) is 2.80. The lowest BCUT2D eigenvalue weighted by atomic mass is 10.1. The van der Waals surface area contributed by atoms with Crippen molar-refractivity contribution in [3.8, 4) is 0 Å². The Kier molecular flexibility index (Phi) is 5.98. The summed E-state index contributed by atoms with van der Waals surface area (Å²) in [6.07, 6.45) is 0. The molecule has 0 unspecified atom stereocenters. The molecule has 162 valence electrons. The standard InChI is InChI=1S/C25H22FN3O3/c1-17-7-12-22(21(26)15-17)27-23(30)19-10-8-18(9-11-19)16-28-13-14-29(25(32)24(28)31)20-5-3-2-4-6-20/h2-12,15H,13-14,16H2,1H3,(H,27,30). The first-order valence-corrected chi connectivity index (χ1v) is 10.2. The summed E-state index contributed by atoms with van der Waals surface area (Å²) < 4.78 is 14.0. The van der Waals surface area contributed by atoms with Gasteiger partial charge in [0.1, 0.15) is 5.82 Å². The highest BCUT2D eigenvalue weighted by atomic mass is 19.1. The highest BCUT2D eigenvalue weighted by Gasteiger charge is 2.33. The van der Waals surface area contributed by atoms with Crippen molar-refractivity contribution in [1.82, 2.24) is 4.90 Å². The van der Waals surface area contributed by atoms with Crippen molar-refractivity contribution in [3.63, 3.8) is 0 Å². The number of piperazine rings is 1. The van der Waals surface area contributed by atoms with Crippen molar-refractivity contribution in [2.24, 2.45) is 0 Å². The predicted molar refractivity (Wildman–Crippen MR) is 120 cm³/mol. The van der Waals surface area contributed by atoms with Crippen molar-refractivity contribution in [3.05, 3.63) is 95.3 Å². The van der Waals surface area contributed by atoms with Crippen LogP contribution in [0, 0.1) is 12.7 Å². The fourth-order valence-corrected chi connectivity index (χ4v) is 3.58. The highest BCUT2D eigenvalue weighted by molar-refractivity contribution is 6.40. The van der Waals surface area contributed by atoms with Crippen LogP contribution in [0.5, 0.6) is 0 Å². The minimum atomic E-state index is -0.559. The summed E-state index contributed by atoms with van der Waals surface area (Å²) in [5.41, 5.74) is 2.74. The Morgan fingerprint density at radius 2 is 1.66 bits per heavy atom. The number of halogens is 1. The monoisotopic (exact) mass is 431 g/mol. The highest BCUT2D eigenvalue weighted by Crippen LogP contribution is 2.20. The van der Waals surface area contributed by atoms with Gasteiger partial charge in [0.05, 0.1) is 5.69 Å². The summed E-state index contributed by atoms with van der Waals surface area (Å²) in [6.45, 7) is 2.86. The molecule has 1 saturated heterocycles. The van der Waals surface area contributed by atoms with E-state index in [0.29, 0.717) is 24.3 Å². The van der Waals surface area contributed by atoms with Crippen LogP contribution in [0.15, 0.2) is 72.8 Å². The van der Waals surface area contributed by atoms with Gasteiger partial charge in [-0.15, -0.1) is 0 Å². The van der Waals surface area contributed by atoms with Gasteiger partial charge >= 0.3 is 11.8 Å². The van der Waals surface area contributed by atoms with Crippen LogP contribution in [-0.4, -0.2) is 35.7 Å². The molecule has 3 aromatic carbocycles. The fraction of sp³-hybridized carbons (Fsp3) is 0.160. The molecular formula is C25H22FN3O3. The van der Waals surface area contributed by atoms with Crippen molar-refractivity contribution in [1.29, 1.82) is 0 Å². The molecule has 0 saturated carbocycles. The lowest BCUT2D eigenvalue weighted by Crippen LogP contribution is -2.54. The topological polar surface area (TPSA) is 69.7 Å². The van der Waals surface area contributed by atoms with Gasteiger partial charge < -0.3 is 15.1 Å². The lowest BCUT2D eigenvalue weighted by molar-refractivity contribution is -0.146. The number of carbonyl (C=O) groups is 3. The van der Waals surface area contributed by atoms with E-state index in [1.54, 1.807) is 49.4 Å². The molecule has 3 aromatic rings. The molecule has 1 aliphatic heterocycles. The number of nitrogens with zero attached hydrogens (tertiary/aromatic N) is 2. The van der Waals surface area contributed by atoms with Crippen molar-refractivity contribution in [2.75, 3.05) is 23.3 Å². The molecule has 3 amide bonds. The number of anilines is 2. The Morgan fingerprint density at radius 1 is 0.938 bits per heavy atom. The maximum Gasteiger partial charge on any atom is 0.316 e. The van der Waals surface area contributed by atoms with E-state index < -0.39 is 23.5 Å². The zero-order chi connectivity index (χ0) is 22.7. The number of para-hydroxylation sites is 1. The molecule has 1 aliphatic rings. The van der Waals surface area contributed by atoms with Gasteiger partial charge in [-0.05, 0) is 54.4 Å². The van der Waals surface area contributed by atoms with Gasteiger partial charge in [0, 0.05) is 30.9 Å². The molecule has 0 aliphatic carbocycles. The van der Waals surface area contributed by atoms with Gasteiger partial charge in [0.2, 0.25) is 0 Å². The van der Waals surface area contributed by atoms with Crippen LogP contribution < -0.4 is 10.2 Å². The summed E-state index contributed by atoms with van der Waals surface area (Å²) in [4.78, 5) is 40.5. The number of amides is 3. The van der Waals surface area contributed by atoms with Gasteiger partial charge in [-0.1, -0.05) is 36.4 Å². The molecule has 0 aromatic heterocycles. The van der Waals surface area contributed by atoms with E-state index in [0.717, 1.165) is 11.1 Å². The summed E-state index contributed by atoms with van der Waals surface area (Å²) in [6, 6.07) is 20.4. The first-order valence-electron chi connectivity index (χ1n) is 10.2. The van der Waals surface area contributed by atoms with E-state index in [4.69, 9.17) is 0 Å². The molecule has 6 nitrogen and oxygen atoms in total. The van der Waals surface area contributed by atoms with E-state index in [1.807, 2.05) is 18.2 Å². The minimum absolute atomic E-state index is 0.116. The Bertz CT molecular complexity index is 1160. The summed E-state index contributed by atoms with van der Waals surface area (Å²) in [5.74, 6) is -2.04. The Morgan fingerprint density at radius 3 is 2.34 bits per heavy atom. The molecule has 1 heterocycles. The molecule has 32 heavy (non-hydrogen) atoms. The number of rotatable bonds is 5. The zero-order valence-corrected chi connectivity index (χ0v) is 17.5.